The second kappa shape index (κ2) is 4.12. The summed E-state index contributed by atoms with van der Waals surface area (Å²) in [5.41, 5.74) is 7.88. The van der Waals surface area contributed by atoms with Crippen molar-refractivity contribution in [3.05, 3.63) is 17.5 Å². The average Bonchev–Trinajstić information content (AvgIpc) is 2.57. The lowest BCUT2D eigenvalue weighted by Crippen LogP contribution is -2.26. The fourth-order valence-electron chi connectivity index (χ4n) is 1.66. The molecule has 1 aliphatic heterocycles. The largest absolute Gasteiger partial charge is 0.350 e. The van der Waals surface area contributed by atoms with Crippen molar-refractivity contribution < 1.29 is 0 Å². The van der Waals surface area contributed by atoms with Gasteiger partial charge in [0.25, 0.3) is 0 Å². The van der Waals surface area contributed by atoms with Gasteiger partial charge in [0.1, 0.15) is 0 Å². The van der Waals surface area contributed by atoms with Crippen molar-refractivity contribution in [2.45, 2.75) is 26.1 Å². The summed E-state index contributed by atoms with van der Waals surface area (Å²) in [6, 6.07) is 0.210. The molecule has 5 nitrogen and oxygen atoms in total. The molecule has 0 saturated carbocycles. The van der Waals surface area contributed by atoms with Crippen LogP contribution in [0.25, 0.3) is 0 Å². The molecule has 0 fully saturated rings. The van der Waals surface area contributed by atoms with Gasteiger partial charge in [-0.2, -0.15) is 0 Å². The van der Waals surface area contributed by atoms with E-state index in [4.69, 9.17) is 5.73 Å². The SMILES string of the molecule is CC(CN)Nc1ncc2c(n1)CN(C)C2. The van der Waals surface area contributed by atoms with Crippen LogP contribution in [0.15, 0.2) is 6.20 Å². The van der Waals surface area contributed by atoms with Gasteiger partial charge in [-0.15, -0.1) is 0 Å². The van der Waals surface area contributed by atoms with E-state index in [1.165, 1.54) is 5.56 Å². The van der Waals surface area contributed by atoms with E-state index in [-0.39, 0.29) is 6.04 Å². The van der Waals surface area contributed by atoms with Crippen molar-refractivity contribution >= 4 is 5.95 Å². The lowest BCUT2D eigenvalue weighted by molar-refractivity contribution is 0.351. The van der Waals surface area contributed by atoms with Gasteiger partial charge in [-0.3, -0.25) is 4.90 Å². The first-order valence-corrected chi connectivity index (χ1v) is 5.19. The van der Waals surface area contributed by atoms with Crippen LogP contribution in [-0.4, -0.2) is 34.5 Å². The zero-order valence-electron chi connectivity index (χ0n) is 9.20. The molecule has 0 aliphatic carbocycles. The molecule has 0 amide bonds. The molecule has 15 heavy (non-hydrogen) atoms. The Morgan fingerprint density at radius 1 is 1.60 bits per heavy atom. The molecule has 1 aromatic heterocycles. The highest BCUT2D eigenvalue weighted by Crippen LogP contribution is 2.19. The lowest BCUT2D eigenvalue weighted by atomic mass is 10.3. The zero-order chi connectivity index (χ0) is 10.8. The van der Waals surface area contributed by atoms with Gasteiger partial charge in [0.2, 0.25) is 5.95 Å². The van der Waals surface area contributed by atoms with Crippen molar-refractivity contribution in [1.29, 1.82) is 0 Å². The Bertz CT molecular complexity index is 352. The Balaban J connectivity index is 2.13. The topological polar surface area (TPSA) is 67.1 Å². The van der Waals surface area contributed by atoms with E-state index in [1.54, 1.807) is 0 Å². The molecule has 2 rings (SSSR count). The summed E-state index contributed by atoms with van der Waals surface area (Å²) < 4.78 is 0. The molecule has 5 heteroatoms. The van der Waals surface area contributed by atoms with E-state index in [2.05, 4.69) is 27.2 Å². The average molecular weight is 207 g/mol. The molecule has 1 unspecified atom stereocenters. The Morgan fingerprint density at radius 3 is 3.13 bits per heavy atom. The van der Waals surface area contributed by atoms with E-state index in [1.807, 2.05) is 13.1 Å². The lowest BCUT2D eigenvalue weighted by Gasteiger charge is -2.11. The third kappa shape index (κ3) is 2.24. The zero-order valence-corrected chi connectivity index (χ0v) is 9.20. The van der Waals surface area contributed by atoms with Crippen LogP contribution < -0.4 is 11.1 Å². The molecule has 2 heterocycles. The van der Waals surface area contributed by atoms with Crippen LogP contribution in [0.4, 0.5) is 5.95 Å². The molecular formula is C10H17N5. The fraction of sp³-hybridized carbons (Fsp3) is 0.600. The van der Waals surface area contributed by atoms with Crippen molar-refractivity contribution in [3.63, 3.8) is 0 Å². The number of hydrogen-bond acceptors (Lipinski definition) is 5. The highest BCUT2D eigenvalue weighted by atomic mass is 15.2. The molecule has 0 saturated heterocycles. The summed E-state index contributed by atoms with van der Waals surface area (Å²) in [5.74, 6) is 0.682. The Kier molecular flexibility index (Phi) is 2.83. The summed E-state index contributed by atoms with van der Waals surface area (Å²) in [4.78, 5) is 11.0. The summed E-state index contributed by atoms with van der Waals surface area (Å²) in [6.07, 6.45) is 1.90. The summed E-state index contributed by atoms with van der Waals surface area (Å²) >= 11 is 0. The summed E-state index contributed by atoms with van der Waals surface area (Å²) in [6.45, 7) is 4.45. The molecule has 82 valence electrons. The normalized spacial score (nSPS) is 17.5. The van der Waals surface area contributed by atoms with Gasteiger partial charge in [0.05, 0.1) is 5.69 Å². The summed E-state index contributed by atoms with van der Waals surface area (Å²) in [7, 11) is 2.08. The number of hydrogen-bond donors (Lipinski definition) is 2. The van der Waals surface area contributed by atoms with Crippen LogP contribution >= 0.6 is 0 Å². The van der Waals surface area contributed by atoms with Crippen LogP contribution in [0, 0.1) is 0 Å². The molecule has 1 aliphatic rings. The molecule has 1 aromatic rings. The number of nitrogens with zero attached hydrogens (tertiary/aromatic N) is 3. The minimum Gasteiger partial charge on any atom is -0.350 e. The van der Waals surface area contributed by atoms with Gasteiger partial charge < -0.3 is 11.1 Å². The Labute approximate surface area is 89.7 Å². The number of anilines is 1. The summed E-state index contributed by atoms with van der Waals surface area (Å²) in [5, 5.41) is 3.17. The highest BCUT2D eigenvalue weighted by Gasteiger charge is 2.17. The second-order valence-electron chi connectivity index (χ2n) is 4.12. The first-order chi connectivity index (χ1) is 7.19. The van der Waals surface area contributed by atoms with E-state index in [0.29, 0.717) is 12.5 Å². The minimum absolute atomic E-state index is 0.210. The van der Waals surface area contributed by atoms with Crippen LogP contribution in [0.2, 0.25) is 0 Å². The molecule has 3 N–H and O–H groups in total. The van der Waals surface area contributed by atoms with Gasteiger partial charge in [0.15, 0.2) is 0 Å². The van der Waals surface area contributed by atoms with Gasteiger partial charge in [-0.1, -0.05) is 0 Å². The number of rotatable bonds is 3. The number of nitrogens with one attached hydrogen (secondary N) is 1. The van der Waals surface area contributed by atoms with Crippen molar-refractivity contribution in [1.82, 2.24) is 14.9 Å². The quantitative estimate of drug-likeness (QED) is 0.740. The molecule has 0 aromatic carbocycles. The van der Waals surface area contributed by atoms with Crippen molar-refractivity contribution in [2.75, 3.05) is 18.9 Å². The number of nitrogens with two attached hydrogens (primary N) is 1. The third-order valence-corrected chi connectivity index (χ3v) is 2.54. The van der Waals surface area contributed by atoms with E-state index < -0.39 is 0 Å². The van der Waals surface area contributed by atoms with Crippen LogP contribution in [0.5, 0.6) is 0 Å². The van der Waals surface area contributed by atoms with Crippen LogP contribution in [0.3, 0.4) is 0 Å². The second-order valence-corrected chi connectivity index (χ2v) is 4.12. The first kappa shape index (κ1) is 10.3. The minimum atomic E-state index is 0.210. The highest BCUT2D eigenvalue weighted by molar-refractivity contribution is 5.32. The molecule has 1 atom stereocenters. The molecule has 0 radical (unpaired) electrons. The monoisotopic (exact) mass is 207 g/mol. The van der Waals surface area contributed by atoms with Crippen LogP contribution in [0.1, 0.15) is 18.2 Å². The predicted molar refractivity (Wildman–Crippen MR) is 59.3 cm³/mol. The third-order valence-electron chi connectivity index (χ3n) is 2.54. The van der Waals surface area contributed by atoms with Gasteiger partial charge in [-0.05, 0) is 14.0 Å². The number of fused-ring (bicyclic) bond motifs is 1. The maximum atomic E-state index is 5.53. The van der Waals surface area contributed by atoms with Crippen molar-refractivity contribution in [3.8, 4) is 0 Å². The maximum Gasteiger partial charge on any atom is 0.223 e. The molecular weight excluding hydrogens is 190 g/mol. The molecule has 0 spiro atoms. The Morgan fingerprint density at radius 2 is 2.40 bits per heavy atom. The van der Waals surface area contributed by atoms with Gasteiger partial charge >= 0.3 is 0 Å². The predicted octanol–water partition coefficient (Wildman–Crippen LogP) is 0.181. The van der Waals surface area contributed by atoms with Gasteiger partial charge in [-0.25, -0.2) is 9.97 Å². The standard InChI is InChI=1S/C10H17N5/c1-7(3-11)13-10-12-4-8-5-15(2)6-9(8)14-10/h4,7H,3,5-6,11H2,1-2H3,(H,12,13,14). The number of aromatic nitrogens is 2. The fourth-order valence-corrected chi connectivity index (χ4v) is 1.66. The Hall–Kier alpha value is -1.20. The molecule has 0 bridgehead atoms. The smallest absolute Gasteiger partial charge is 0.223 e. The maximum absolute atomic E-state index is 5.53. The van der Waals surface area contributed by atoms with E-state index in [0.717, 1.165) is 18.8 Å². The van der Waals surface area contributed by atoms with E-state index in [9.17, 15) is 0 Å². The first-order valence-electron chi connectivity index (χ1n) is 5.19. The van der Waals surface area contributed by atoms with Crippen molar-refractivity contribution in [2.24, 2.45) is 5.73 Å². The van der Waals surface area contributed by atoms with Crippen LogP contribution in [-0.2, 0) is 13.1 Å². The van der Waals surface area contributed by atoms with E-state index >= 15 is 0 Å². The van der Waals surface area contributed by atoms with Gasteiger partial charge in [0, 0.05) is 37.4 Å².